The van der Waals surface area contributed by atoms with Crippen LogP contribution in [0.2, 0.25) is 0 Å². The Labute approximate surface area is 122 Å². The number of thioether (sulfide) groups is 1. The maximum Gasteiger partial charge on any atom is 0.138 e. The van der Waals surface area contributed by atoms with E-state index in [1.807, 2.05) is 11.8 Å². The van der Waals surface area contributed by atoms with Crippen molar-refractivity contribution in [3.8, 4) is 0 Å². The molecular weight excluding hydrogens is 254 g/mol. The maximum atomic E-state index is 4.63. The molecule has 108 valence electrons. The minimum atomic E-state index is 0.672. The van der Waals surface area contributed by atoms with Crippen molar-refractivity contribution in [3.63, 3.8) is 0 Å². The van der Waals surface area contributed by atoms with Crippen molar-refractivity contribution in [1.29, 1.82) is 0 Å². The zero-order valence-corrected chi connectivity index (χ0v) is 13.7. The number of aromatic nitrogens is 2. The first-order valence-corrected chi connectivity index (χ1v) is 8.31. The van der Waals surface area contributed by atoms with Gasteiger partial charge in [-0.25, -0.2) is 9.97 Å². The summed E-state index contributed by atoms with van der Waals surface area (Å²) >= 11 is 1.91. The van der Waals surface area contributed by atoms with Crippen LogP contribution in [0.25, 0.3) is 0 Å². The van der Waals surface area contributed by atoms with Gasteiger partial charge >= 0.3 is 0 Å². The highest BCUT2D eigenvalue weighted by Gasteiger charge is 2.08. The van der Waals surface area contributed by atoms with Gasteiger partial charge in [0.15, 0.2) is 0 Å². The van der Waals surface area contributed by atoms with E-state index in [-0.39, 0.29) is 0 Å². The molecule has 0 aromatic carbocycles. The van der Waals surface area contributed by atoms with Crippen molar-refractivity contribution in [2.24, 2.45) is 5.92 Å². The highest BCUT2D eigenvalue weighted by atomic mass is 32.2. The molecule has 0 aliphatic heterocycles. The lowest BCUT2D eigenvalue weighted by Gasteiger charge is -2.13. The Morgan fingerprint density at radius 1 is 1.16 bits per heavy atom. The van der Waals surface area contributed by atoms with Gasteiger partial charge in [0.1, 0.15) is 5.82 Å². The van der Waals surface area contributed by atoms with Gasteiger partial charge in [0.05, 0.1) is 5.75 Å². The number of nitrogens with one attached hydrogen (secondary N) is 1. The van der Waals surface area contributed by atoms with Gasteiger partial charge in [-0.05, 0) is 38.5 Å². The average molecular weight is 281 g/mol. The fraction of sp³-hybridized carbons (Fsp3) is 0.733. The number of hydrogen-bond acceptors (Lipinski definition) is 4. The maximum absolute atomic E-state index is 4.63. The minimum absolute atomic E-state index is 0.672. The van der Waals surface area contributed by atoms with E-state index in [0.717, 1.165) is 36.1 Å². The molecule has 1 aromatic rings. The molecule has 1 N–H and O–H groups in total. The van der Waals surface area contributed by atoms with E-state index in [1.165, 1.54) is 17.7 Å². The van der Waals surface area contributed by atoms with Gasteiger partial charge in [-0.1, -0.05) is 20.8 Å². The monoisotopic (exact) mass is 281 g/mol. The second kappa shape index (κ2) is 8.54. The van der Waals surface area contributed by atoms with Crippen LogP contribution in [0.1, 0.15) is 50.0 Å². The molecule has 0 saturated heterocycles. The van der Waals surface area contributed by atoms with Gasteiger partial charge < -0.3 is 5.32 Å². The number of nitrogens with zero attached hydrogens (tertiary/aromatic N) is 2. The topological polar surface area (TPSA) is 37.8 Å². The molecule has 1 rings (SSSR count). The Kier molecular flexibility index (Phi) is 7.39. The number of hydrogen-bond donors (Lipinski definition) is 1. The van der Waals surface area contributed by atoms with Gasteiger partial charge in [0, 0.05) is 23.5 Å². The molecule has 0 radical (unpaired) electrons. The van der Waals surface area contributed by atoms with Crippen molar-refractivity contribution < 1.29 is 0 Å². The SMILES string of the molecule is CCCSCc1nc(C)c(CNCC(C)C)c(C)n1. The normalized spacial score (nSPS) is 11.3. The van der Waals surface area contributed by atoms with Crippen LogP contribution in [0.4, 0.5) is 0 Å². The summed E-state index contributed by atoms with van der Waals surface area (Å²) in [6.45, 7) is 12.7. The highest BCUT2D eigenvalue weighted by molar-refractivity contribution is 7.98. The summed E-state index contributed by atoms with van der Waals surface area (Å²) in [5.41, 5.74) is 3.50. The summed E-state index contributed by atoms with van der Waals surface area (Å²) in [6.07, 6.45) is 1.21. The molecule has 0 bridgehead atoms. The van der Waals surface area contributed by atoms with Crippen molar-refractivity contribution in [3.05, 3.63) is 22.8 Å². The fourth-order valence-corrected chi connectivity index (χ4v) is 2.67. The summed E-state index contributed by atoms with van der Waals surface area (Å²) < 4.78 is 0. The van der Waals surface area contributed by atoms with Gasteiger partial charge in [0.25, 0.3) is 0 Å². The minimum Gasteiger partial charge on any atom is -0.312 e. The van der Waals surface area contributed by atoms with Crippen LogP contribution < -0.4 is 5.32 Å². The molecule has 4 heteroatoms. The first kappa shape index (κ1) is 16.4. The summed E-state index contributed by atoms with van der Waals surface area (Å²) in [7, 11) is 0. The molecule has 0 spiro atoms. The molecule has 0 saturated carbocycles. The van der Waals surface area contributed by atoms with E-state index in [2.05, 4.69) is 49.9 Å². The van der Waals surface area contributed by atoms with Gasteiger partial charge in [-0.15, -0.1) is 0 Å². The average Bonchev–Trinajstić information content (AvgIpc) is 2.32. The van der Waals surface area contributed by atoms with Crippen molar-refractivity contribution in [1.82, 2.24) is 15.3 Å². The van der Waals surface area contributed by atoms with Crippen molar-refractivity contribution >= 4 is 11.8 Å². The van der Waals surface area contributed by atoms with Gasteiger partial charge in [-0.2, -0.15) is 11.8 Å². The Hall–Kier alpha value is -0.610. The van der Waals surface area contributed by atoms with E-state index in [9.17, 15) is 0 Å². The van der Waals surface area contributed by atoms with E-state index in [0.29, 0.717) is 5.92 Å². The standard InChI is InChI=1S/C15H27N3S/c1-6-7-19-10-15-17-12(4)14(13(5)18-15)9-16-8-11(2)3/h11,16H,6-10H2,1-5H3. The third-order valence-electron chi connectivity index (χ3n) is 2.90. The molecule has 1 heterocycles. The molecule has 0 amide bonds. The van der Waals surface area contributed by atoms with Crippen LogP contribution in [0.5, 0.6) is 0 Å². The molecule has 0 aliphatic rings. The molecular formula is C15H27N3S. The second-order valence-corrected chi connectivity index (χ2v) is 6.47. The fourth-order valence-electron chi connectivity index (χ4n) is 1.92. The third-order valence-corrected chi connectivity index (χ3v) is 4.06. The molecule has 19 heavy (non-hydrogen) atoms. The lowest BCUT2D eigenvalue weighted by molar-refractivity contribution is 0.548. The lowest BCUT2D eigenvalue weighted by atomic mass is 10.1. The van der Waals surface area contributed by atoms with Gasteiger partial charge in [-0.3, -0.25) is 0 Å². The van der Waals surface area contributed by atoms with Crippen LogP contribution >= 0.6 is 11.8 Å². The summed E-state index contributed by atoms with van der Waals surface area (Å²) in [5, 5.41) is 3.47. The summed E-state index contributed by atoms with van der Waals surface area (Å²) in [4.78, 5) is 9.26. The molecule has 1 aromatic heterocycles. The zero-order valence-electron chi connectivity index (χ0n) is 12.9. The predicted molar refractivity (Wildman–Crippen MR) is 84.5 cm³/mol. The molecule has 0 unspecified atom stereocenters. The van der Waals surface area contributed by atoms with E-state index >= 15 is 0 Å². The zero-order chi connectivity index (χ0) is 14.3. The van der Waals surface area contributed by atoms with Crippen LogP contribution in [0.3, 0.4) is 0 Å². The van der Waals surface area contributed by atoms with Crippen LogP contribution in [-0.2, 0) is 12.3 Å². The Morgan fingerprint density at radius 3 is 2.32 bits per heavy atom. The summed E-state index contributed by atoms with van der Waals surface area (Å²) in [5.74, 6) is 3.75. The second-order valence-electron chi connectivity index (χ2n) is 5.37. The summed E-state index contributed by atoms with van der Waals surface area (Å²) in [6, 6.07) is 0. The lowest BCUT2D eigenvalue weighted by Crippen LogP contribution is -2.21. The smallest absolute Gasteiger partial charge is 0.138 e. The highest BCUT2D eigenvalue weighted by Crippen LogP contribution is 2.14. The molecule has 0 atom stereocenters. The molecule has 0 fully saturated rings. The first-order chi connectivity index (χ1) is 9.04. The molecule has 0 aliphatic carbocycles. The quantitative estimate of drug-likeness (QED) is 0.740. The molecule has 3 nitrogen and oxygen atoms in total. The Morgan fingerprint density at radius 2 is 1.79 bits per heavy atom. The third kappa shape index (κ3) is 5.91. The van der Waals surface area contributed by atoms with Crippen LogP contribution in [0.15, 0.2) is 0 Å². The van der Waals surface area contributed by atoms with Crippen molar-refractivity contribution in [2.75, 3.05) is 12.3 Å². The Balaban J connectivity index is 2.63. The van der Waals surface area contributed by atoms with Crippen molar-refractivity contribution in [2.45, 2.75) is 53.3 Å². The predicted octanol–water partition coefficient (Wildman–Crippen LogP) is 3.48. The van der Waals surface area contributed by atoms with E-state index < -0.39 is 0 Å². The van der Waals surface area contributed by atoms with Gasteiger partial charge in [0.2, 0.25) is 0 Å². The van der Waals surface area contributed by atoms with E-state index in [1.54, 1.807) is 0 Å². The Bertz CT molecular complexity index is 368. The number of aryl methyl sites for hydroxylation is 2. The first-order valence-electron chi connectivity index (χ1n) is 7.16. The van der Waals surface area contributed by atoms with Crippen LogP contribution in [0, 0.1) is 19.8 Å². The largest absolute Gasteiger partial charge is 0.312 e. The van der Waals surface area contributed by atoms with E-state index in [4.69, 9.17) is 0 Å². The number of rotatable bonds is 8. The van der Waals surface area contributed by atoms with Crippen LogP contribution in [-0.4, -0.2) is 22.3 Å².